The number of nitrogens with zero attached hydrogens (tertiary/aromatic N) is 1. The van der Waals surface area contributed by atoms with Crippen molar-refractivity contribution >= 4 is 40.7 Å². The van der Waals surface area contributed by atoms with Crippen LogP contribution < -0.4 is 10.6 Å². The van der Waals surface area contributed by atoms with Gasteiger partial charge in [0.2, 0.25) is 11.8 Å². The van der Waals surface area contributed by atoms with E-state index >= 15 is 0 Å². The summed E-state index contributed by atoms with van der Waals surface area (Å²) in [6, 6.07) is 4.46. The standard InChI is InChI=1S/C17H23Cl2N3O2/c1-11(10-20-2)17(24)22-8-4-3-5-15(22)16(23)21-14-7-6-12(18)9-13(14)19/h6-7,9,11,15,20H,3-5,8,10H2,1-2H3,(H,21,23). The van der Waals surface area contributed by atoms with Crippen LogP contribution in [0.25, 0.3) is 0 Å². The summed E-state index contributed by atoms with van der Waals surface area (Å²) in [6.07, 6.45) is 2.51. The first-order valence-electron chi connectivity index (χ1n) is 8.15. The molecule has 1 aromatic rings. The Labute approximate surface area is 152 Å². The first-order chi connectivity index (χ1) is 11.4. The van der Waals surface area contributed by atoms with E-state index in [0.717, 1.165) is 12.8 Å². The third-order valence-corrected chi connectivity index (χ3v) is 4.76. The van der Waals surface area contributed by atoms with E-state index in [1.165, 1.54) is 0 Å². The molecule has 0 aromatic heterocycles. The molecule has 0 saturated carbocycles. The molecule has 1 aromatic carbocycles. The van der Waals surface area contributed by atoms with Crippen molar-refractivity contribution < 1.29 is 9.59 Å². The topological polar surface area (TPSA) is 61.4 Å². The van der Waals surface area contributed by atoms with E-state index < -0.39 is 6.04 Å². The van der Waals surface area contributed by atoms with Gasteiger partial charge in [-0.05, 0) is 44.5 Å². The molecule has 2 N–H and O–H groups in total. The van der Waals surface area contributed by atoms with Crippen LogP contribution in [0.4, 0.5) is 5.69 Å². The number of anilines is 1. The van der Waals surface area contributed by atoms with Gasteiger partial charge in [-0.25, -0.2) is 0 Å². The van der Waals surface area contributed by atoms with Crippen molar-refractivity contribution in [3.8, 4) is 0 Å². The van der Waals surface area contributed by atoms with Gasteiger partial charge < -0.3 is 15.5 Å². The SMILES string of the molecule is CNCC(C)C(=O)N1CCCCC1C(=O)Nc1ccc(Cl)cc1Cl. The molecule has 0 radical (unpaired) electrons. The first kappa shape index (κ1) is 19.0. The molecular weight excluding hydrogens is 349 g/mol. The van der Waals surface area contributed by atoms with Crippen molar-refractivity contribution in [2.45, 2.75) is 32.2 Å². The molecule has 1 aliphatic rings. The Kier molecular flexibility index (Phi) is 6.90. The van der Waals surface area contributed by atoms with Gasteiger partial charge in [-0.15, -0.1) is 0 Å². The summed E-state index contributed by atoms with van der Waals surface area (Å²) in [5.74, 6) is -0.363. The number of halogens is 2. The van der Waals surface area contributed by atoms with Crippen molar-refractivity contribution in [1.82, 2.24) is 10.2 Å². The summed E-state index contributed by atoms with van der Waals surface area (Å²) in [6.45, 7) is 3.07. The zero-order chi connectivity index (χ0) is 17.7. The van der Waals surface area contributed by atoms with Crippen LogP contribution in [0.3, 0.4) is 0 Å². The summed E-state index contributed by atoms with van der Waals surface area (Å²) in [5.41, 5.74) is 0.507. The van der Waals surface area contributed by atoms with Crippen LogP contribution in [0.2, 0.25) is 10.0 Å². The summed E-state index contributed by atoms with van der Waals surface area (Å²) in [7, 11) is 1.81. The molecule has 0 aliphatic carbocycles. The first-order valence-corrected chi connectivity index (χ1v) is 8.90. The Morgan fingerprint density at radius 1 is 1.33 bits per heavy atom. The average molecular weight is 372 g/mol. The number of carbonyl (C=O) groups excluding carboxylic acids is 2. The van der Waals surface area contributed by atoms with E-state index in [0.29, 0.717) is 35.2 Å². The molecule has 0 spiro atoms. The monoisotopic (exact) mass is 371 g/mol. The van der Waals surface area contributed by atoms with E-state index in [1.54, 1.807) is 23.1 Å². The van der Waals surface area contributed by atoms with E-state index in [9.17, 15) is 9.59 Å². The summed E-state index contributed by atoms with van der Waals surface area (Å²) < 4.78 is 0. The summed E-state index contributed by atoms with van der Waals surface area (Å²) >= 11 is 12.0. The van der Waals surface area contributed by atoms with Crippen molar-refractivity contribution in [1.29, 1.82) is 0 Å². The highest BCUT2D eigenvalue weighted by Gasteiger charge is 2.34. The highest BCUT2D eigenvalue weighted by atomic mass is 35.5. The predicted molar refractivity (Wildman–Crippen MR) is 97.5 cm³/mol. The number of amides is 2. The Balaban J connectivity index is 2.11. The van der Waals surface area contributed by atoms with Gasteiger partial charge in [-0.3, -0.25) is 9.59 Å². The van der Waals surface area contributed by atoms with Crippen LogP contribution in [0.1, 0.15) is 26.2 Å². The molecule has 2 unspecified atom stereocenters. The maximum atomic E-state index is 12.7. The molecule has 7 heteroatoms. The molecular formula is C17H23Cl2N3O2. The molecule has 1 aliphatic heterocycles. The third kappa shape index (κ3) is 4.62. The third-order valence-electron chi connectivity index (χ3n) is 4.21. The molecule has 5 nitrogen and oxygen atoms in total. The van der Waals surface area contributed by atoms with Crippen molar-refractivity contribution in [2.24, 2.45) is 5.92 Å². The lowest BCUT2D eigenvalue weighted by Gasteiger charge is -2.36. The maximum Gasteiger partial charge on any atom is 0.247 e. The summed E-state index contributed by atoms with van der Waals surface area (Å²) in [4.78, 5) is 27.0. The zero-order valence-corrected chi connectivity index (χ0v) is 15.5. The second-order valence-electron chi connectivity index (χ2n) is 6.12. The number of nitrogens with one attached hydrogen (secondary N) is 2. The number of hydrogen-bond acceptors (Lipinski definition) is 3. The van der Waals surface area contributed by atoms with Crippen LogP contribution in [-0.4, -0.2) is 42.9 Å². The number of hydrogen-bond donors (Lipinski definition) is 2. The Morgan fingerprint density at radius 2 is 2.08 bits per heavy atom. The molecule has 0 bridgehead atoms. The molecule has 1 fully saturated rings. The Hall–Kier alpha value is -1.30. The van der Waals surface area contributed by atoms with Gasteiger partial charge >= 0.3 is 0 Å². The molecule has 2 amide bonds. The second kappa shape index (κ2) is 8.70. The second-order valence-corrected chi connectivity index (χ2v) is 6.96. The lowest BCUT2D eigenvalue weighted by molar-refractivity contribution is -0.143. The number of piperidine rings is 1. The minimum atomic E-state index is -0.461. The lowest BCUT2D eigenvalue weighted by Crippen LogP contribution is -2.52. The summed E-state index contributed by atoms with van der Waals surface area (Å²) in [5, 5.41) is 6.72. The van der Waals surface area contributed by atoms with E-state index in [-0.39, 0.29) is 17.7 Å². The minimum Gasteiger partial charge on any atom is -0.330 e. The fraction of sp³-hybridized carbons (Fsp3) is 0.529. The Bertz CT molecular complexity index is 609. The molecule has 1 saturated heterocycles. The lowest BCUT2D eigenvalue weighted by atomic mass is 9.98. The average Bonchev–Trinajstić information content (AvgIpc) is 2.57. The fourth-order valence-electron chi connectivity index (χ4n) is 2.95. The van der Waals surface area contributed by atoms with E-state index in [1.807, 2.05) is 14.0 Å². The molecule has 132 valence electrons. The van der Waals surface area contributed by atoms with Gasteiger partial charge in [0.25, 0.3) is 0 Å². The van der Waals surface area contributed by atoms with Gasteiger partial charge in [-0.2, -0.15) is 0 Å². The zero-order valence-electron chi connectivity index (χ0n) is 13.9. The normalized spacial score (nSPS) is 19.0. The van der Waals surface area contributed by atoms with Crippen molar-refractivity contribution in [2.75, 3.05) is 25.5 Å². The quantitative estimate of drug-likeness (QED) is 0.835. The molecule has 24 heavy (non-hydrogen) atoms. The molecule has 2 rings (SSSR count). The van der Waals surface area contributed by atoms with Gasteiger partial charge in [0.1, 0.15) is 6.04 Å². The Morgan fingerprint density at radius 3 is 2.75 bits per heavy atom. The van der Waals surface area contributed by atoms with Crippen molar-refractivity contribution in [3.63, 3.8) is 0 Å². The number of likely N-dealkylation sites (tertiary alicyclic amines) is 1. The van der Waals surface area contributed by atoms with Gasteiger partial charge in [0.15, 0.2) is 0 Å². The van der Waals surface area contributed by atoms with Crippen LogP contribution >= 0.6 is 23.2 Å². The fourth-order valence-corrected chi connectivity index (χ4v) is 3.41. The van der Waals surface area contributed by atoms with Gasteiger partial charge in [0.05, 0.1) is 10.7 Å². The van der Waals surface area contributed by atoms with Crippen LogP contribution in [0.5, 0.6) is 0 Å². The minimum absolute atomic E-state index is 0.00593. The van der Waals surface area contributed by atoms with Gasteiger partial charge in [-0.1, -0.05) is 30.1 Å². The van der Waals surface area contributed by atoms with Crippen LogP contribution in [0, 0.1) is 5.92 Å². The molecule has 1 heterocycles. The van der Waals surface area contributed by atoms with E-state index in [2.05, 4.69) is 10.6 Å². The van der Waals surface area contributed by atoms with Crippen LogP contribution in [0.15, 0.2) is 18.2 Å². The molecule has 2 atom stereocenters. The number of rotatable bonds is 5. The largest absolute Gasteiger partial charge is 0.330 e. The number of carbonyl (C=O) groups is 2. The van der Waals surface area contributed by atoms with Crippen LogP contribution in [-0.2, 0) is 9.59 Å². The smallest absolute Gasteiger partial charge is 0.247 e. The highest BCUT2D eigenvalue weighted by Crippen LogP contribution is 2.27. The predicted octanol–water partition coefficient (Wildman–Crippen LogP) is 3.17. The maximum absolute atomic E-state index is 12.7. The highest BCUT2D eigenvalue weighted by molar-refractivity contribution is 6.36. The van der Waals surface area contributed by atoms with E-state index in [4.69, 9.17) is 23.2 Å². The van der Waals surface area contributed by atoms with Crippen molar-refractivity contribution in [3.05, 3.63) is 28.2 Å². The number of benzene rings is 1. The van der Waals surface area contributed by atoms with Gasteiger partial charge in [0, 0.05) is 24.0 Å².